The highest BCUT2D eigenvalue weighted by Gasteiger charge is 2.33. The van der Waals surface area contributed by atoms with Gasteiger partial charge in [-0.3, -0.25) is 9.59 Å². The lowest BCUT2D eigenvalue weighted by Crippen LogP contribution is -2.45. The number of nitrogens with one attached hydrogen (secondary N) is 1. The number of anilines is 1. The number of amides is 2. The molecule has 0 saturated heterocycles. The van der Waals surface area contributed by atoms with Crippen LogP contribution in [0, 0.1) is 0 Å². The van der Waals surface area contributed by atoms with Gasteiger partial charge in [-0.15, -0.1) is 0 Å². The molecule has 1 aliphatic carbocycles. The van der Waals surface area contributed by atoms with Gasteiger partial charge >= 0.3 is 0 Å². The van der Waals surface area contributed by atoms with E-state index in [-0.39, 0.29) is 17.9 Å². The third-order valence-electron chi connectivity index (χ3n) is 5.72. The molecular weight excluding hydrogens is 388 g/mol. The molecule has 2 aromatic rings. The molecular formula is C23H25ClN2O3. The van der Waals surface area contributed by atoms with Crippen molar-refractivity contribution < 1.29 is 14.3 Å². The molecule has 1 saturated carbocycles. The minimum absolute atomic E-state index is 0.0415. The average molecular weight is 413 g/mol. The van der Waals surface area contributed by atoms with Crippen molar-refractivity contribution in [1.82, 2.24) is 4.90 Å². The monoisotopic (exact) mass is 412 g/mol. The number of carbonyl (C=O) groups is 2. The number of rotatable bonds is 3. The first-order valence-corrected chi connectivity index (χ1v) is 10.6. The zero-order chi connectivity index (χ0) is 20.4. The highest BCUT2D eigenvalue weighted by molar-refractivity contribution is 6.30. The van der Waals surface area contributed by atoms with Crippen LogP contribution in [0.15, 0.2) is 42.5 Å². The molecule has 6 heteroatoms. The fraction of sp³-hybridized carbons (Fsp3) is 0.391. The Kier molecular flexibility index (Phi) is 5.76. The quantitative estimate of drug-likeness (QED) is 0.768. The smallest absolute Gasteiger partial charge is 0.263 e. The molecule has 1 N–H and O–H groups in total. The van der Waals surface area contributed by atoms with Gasteiger partial charge in [0.15, 0.2) is 6.10 Å². The van der Waals surface area contributed by atoms with Crippen molar-refractivity contribution in [2.24, 2.45) is 0 Å². The van der Waals surface area contributed by atoms with Gasteiger partial charge in [0.1, 0.15) is 5.75 Å². The molecule has 29 heavy (non-hydrogen) atoms. The van der Waals surface area contributed by atoms with E-state index >= 15 is 0 Å². The molecule has 0 bridgehead atoms. The Morgan fingerprint density at radius 2 is 1.83 bits per heavy atom. The molecule has 1 heterocycles. The van der Waals surface area contributed by atoms with Crippen molar-refractivity contribution in [2.75, 3.05) is 5.32 Å². The first kappa shape index (κ1) is 19.8. The molecule has 1 atom stereocenters. The Morgan fingerprint density at radius 3 is 2.55 bits per heavy atom. The van der Waals surface area contributed by atoms with E-state index in [1.54, 1.807) is 30.3 Å². The van der Waals surface area contributed by atoms with Gasteiger partial charge in [-0.25, -0.2) is 0 Å². The Bertz CT molecular complexity index is 907. The van der Waals surface area contributed by atoms with Gasteiger partial charge in [0.05, 0.1) is 0 Å². The minimum Gasteiger partial charge on any atom is -0.481 e. The second-order valence-electron chi connectivity index (χ2n) is 7.80. The third kappa shape index (κ3) is 4.40. The van der Waals surface area contributed by atoms with Gasteiger partial charge in [0, 0.05) is 34.4 Å². The molecule has 0 radical (unpaired) electrons. The lowest BCUT2D eigenvalue weighted by atomic mass is 9.93. The molecule has 2 amide bonds. The first-order valence-electron chi connectivity index (χ1n) is 10.2. The fourth-order valence-electron chi connectivity index (χ4n) is 4.14. The highest BCUT2D eigenvalue weighted by atomic mass is 35.5. The van der Waals surface area contributed by atoms with Crippen LogP contribution in [0.4, 0.5) is 5.69 Å². The summed E-state index contributed by atoms with van der Waals surface area (Å²) in [5.41, 5.74) is 2.13. The second-order valence-corrected chi connectivity index (χ2v) is 8.24. The summed E-state index contributed by atoms with van der Waals surface area (Å²) < 4.78 is 5.93. The fourth-order valence-corrected chi connectivity index (χ4v) is 4.26. The lowest BCUT2D eigenvalue weighted by molar-refractivity contribution is -0.140. The molecule has 0 spiro atoms. The Morgan fingerprint density at radius 1 is 1.10 bits per heavy atom. The number of nitrogens with zero attached hydrogens (tertiary/aromatic N) is 1. The van der Waals surface area contributed by atoms with Crippen molar-refractivity contribution in [2.45, 2.75) is 57.7 Å². The summed E-state index contributed by atoms with van der Waals surface area (Å²) in [6.07, 6.45) is 5.14. The largest absolute Gasteiger partial charge is 0.481 e. The van der Waals surface area contributed by atoms with Crippen molar-refractivity contribution in [3.63, 3.8) is 0 Å². The van der Waals surface area contributed by atoms with Gasteiger partial charge in [-0.1, -0.05) is 30.9 Å². The number of hydrogen-bond acceptors (Lipinski definition) is 3. The number of halogens is 1. The van der Waals surface area contributed by atoms with Crippen LogP contribution in [0.3, 0.4) is 0 Å². The predicted molar refractivity (Wildman–Crippen MR) is 113 cm³/mol. The normalized spacial score (nSPS) is 19.9. The Hall–Kier alpha value is -2.53. The molecule has 5 nitrogen and oxygen atoms in total. The summed E-state index contributed by atoms with van der Waals surface area (Å²) in [6, 6.07) is 12.6. The number of benzene rings is 2. The molecule has 2 aromatic carbocycles. The molecule has 4 rings (SSSR count). The van der Waals surface area contributed by atoms with Crippen LogP contribution in [0.5, 0.6) is 5.75 Å². The Balaban J connectivity index is 1.56. The van der Waals surface area contributed by atoms with E-state index in [2.05, 4.69) is 5.32 Å². The number of ether oxygens (including phenoxy) is 1. The van der Waals surface area contributed by atoms with E-state index in [4.69, 9.17) is 16.3 Å². The van der Waals surface area contributed by atoms with Crippen LogP contribution in [-0.4, -0.2) is 28.9 Å². The summed E-state index contributed by atoms with van der Waals surface area (Å²) >= 11 is 5.89. The number of fused-ring (bicyclic) bond motifs is 1. The molecule has 1 aliphatic heterocycles. The van der Waals surface area contributed by atoms with Crippen molar-refractivity contribution in [1.29, 1.82) is 0 Å². The second kappa shape index (κ2) is 8.46. The maximum atomic E-state index is 12.9. The van der Waals surface area contributed by atoms with E-state index < -0.39 is 6.10 Å². The van der Waals surface area contributed by atoms with E-state index in [9.17, 15) is 9.59 Å². The summed E-state index contributed by atoms with van der Waals surface area (Å²) in [4.78, 5) is 27.4. The first-order chi connectivity index (χ1) is 14.0. The lowest BCUT2D eigenvalue weighted by Gasteiger charge is -2.34. The van der Waals surface area contributed by atoms with E-state index in [1.165, 1.54) is 6.42 Å². The van der Waals surface area contributed by atoms with E-state index in [0.717, 1.165) is 31.2 Å². The van der Waals surface area contributed by atoms with E-state index in [0.29, 0.717) is 28.6 Å². The predicted octanol–water partition coefficient (Wildman–Crippen LogP) is 5.03. The summed E-state index contributed by atoms with van der Waals surface area (Å²) in [6.45, 7) is 2.32. The van der Waals surface area contributed by atoms with Crippen LogP contribution in [-0.2, 0) is 11.3 Å². The van der Waals surface area contributed by atoms with Crippen LogP contribution in [0.2, 0.25) is 5.02 Å². The van der Waals surface area contributed by atoms with Crippen LogP contribution in [0.1, 0.15) is 54.9 Å². The van der Waals surface area contributed by atoms with Crippen LogP contribution in [0.25, 0.3) is 0 Å². The highest BCUT2D eigenvalue weighted by Crippen LogP contribution is 2.32. The molecule has 2 aliphatic rings. The zero-order valence-corrected chi connectivity index (χ0v) is 17.2. The van der Waals surface area contributed by atoms with Crippen molar-refractivity contribution >= 4 is 29.1 Å². The zero-order valence-electron chi connectivity index (χ0n) is 16.5. The molecule has 0 aromatic heterocycles. The average Bonchev–Trinajstić information content (AvgIpc) is 2.85. The third-order valence-corrected chi connectivity index (χ3v) is 5.97. The maximum Gasteiger partial charge on any atom is 0.263 e. The standard InChI is InChI=1S/C23H25ClN2O3/c1-15-23(28)26(20-5-3-2-4-6-20)14-17-13-19(11-12-21(17)29-15)25-22(27)16-7-9-18(24)10-8-16/h7-13,15,20H,2-6,14H2,1H3,(H,25,27). The number of hydrogen-bond donors (Lipinski definition) is 1. The molecule has 152 valence electrons. The number of carbonyl (C=O) groups excluding carboxylic acids is 2. The molecule has 1 unspecified atom stereocenters. The summed E-state index contributed by atoms with van der Waals surface area (Å²) in [5.74, 6) is 0.540. The van der Waals surface area contributed by atoms with Gasteiger partial charge in [-0.05, 0) is 62.2 Å². The molecule has 1 fully saturated rings. The summed E-state index contributed by atoms with van der Waals surface area (Å²) in [5, 5.41) is 3.51. The van der Waals surface area contributed by atoms with Crippen LogP contribution >= 0.6 is 11.6 Å². The summed E-state index contributed by atoms with van der Waals surface area (Å²) in [7, 11) is 0. The van der Waals surface area contributed by atoms with Crippen molar-refractivity contribution in [3.8, 4) is 5.75 Å². The van der Waals surface area contributed by atoms with E-state index in [1.807, 2.05) is 24.0 Å². The maximum absolute atomic E-state index is 12.9. The Labute approximate surface area is 176 Å². The van der Waals surface area contributed by atoms with Crippen LogP contribution < -0.4 is 10.1 Å². The van der Waals surface area contributed by atoms with Gasteiger partial charge < -0.3 is 15.0 Å². The minimum atomic E-state index is -0.507. The van der Waals surface area contributed by atoms with Gasteiger partial charge in [0.25, 0.3) is 11.8 Å². The SMILES string of the molecule is CC1Oc2ccc(NC(=O)c3ccc(Cl)cc3)cc2CN(C2CCCCC2)C1=O. The van der Waals surface area contributed by atoms with Crippen molar-refractivity contribution in [3.05, 3.63) is 58.6 Å². The van der Waals surface area contributed by atoms with Gasteiger partial charge in [0.2, 0.25) is 0 Å². The van der Waals surface area contributed by atoms with Gasteiger partial charge in [-0.2, -0.15) is 0 Å². The topological polar surface area (TPSA) is 58.6 Å².